The number of amides is 1. The highest BCUT2D eigenvalue weighted by molar-refractivity contribution is 7.22. The molecule has 1 amide bonds. The first-order valence-electron chi connectivity index (χ1n) is 11.0. The molecular weight excluding hydrogens is 483 g/mol. The van der Waals surface area contributed by atoms with Crippen LogP contribution in [0, 0.1) is 12.7 Å². The number of aryl methyl sites for hydroxylation is 1. The highest BCUT2D eigenvalue weighted by Crippen LogP contribution is 2.45. The summed E-state index contributed by atoms with van der Waals surface area (Å²) in [4.78, 5) is 32.5. The Labute approximate surface area is 210 Å². The van der Waals surface area contributed by atoms with Crippen molar-refractivity contribution >= 4 is 44.1 Å². The van der Waals surface area contributed by atoms with Gasteiger partial charge in [0.25, 0.3) is 5.78 Å². The first-order chi connectivity index (χ1) is 17.3. The number of ether oxygens (including phenoxy) is 2. The number of rotatable bonds is 5. The van der Waals surface area contributed by atoms with Crippen molar-refractivity contribution in [3.8, 4) is 11.5 Å². The largest absolute Gasteiger partial charge is 0.507 e. The average molecular weight is 505 g/mol. The first kappa shape index (κ1) is 23.5. The summed E-state index contributed by atoms with van der Waals surface area (Å²) in [7, 11) is 2.98. The lowest BCUT2D eigenvalue weighted by Crippen LogP contribution is -2.29. The van der Waals surface area contributed by atoms with Gasteiger partial charge in [-0.15, -0.1) is 0 Å². The number of benzene rings is 3. The van der Waals surface area contributed by atoms with Crippen LogP contribution in [-0.2, 0) is 9.59 Å². The minimum atomic E-state index is -1.00. The predicted octanol–water partition coefficient (Wildman–Crippen LogP) is 5.39. The van der Waals surface area contributed by atoms with Crippen molar-refractivity contribution in [3.63, 3.8) is 0 Å². The molecule has 36 heavy (non-hydrogen) atoms. The van der Waals surface area contributed by atoms with Crippen molar-refractivity contribution in [2.24, 2.45) is 0 Å². The Kier molecular flexibility index (Phi) is 5.93. The van der Waals surface area contributed by atoms with E-state index in [1.54, 1.807) is 42.5 Å². The zero-order valence-electron chi connectivity index (χ0n) is 19.6. The molecule has 5 rings (SSSR count). The second-order valence-corrected chi connectivity index (χ2v) is 9.27. The molecule has 0 saturated carbocycles. The van der Waals surface area contributed by atoms with Gasteiger partial charge in [0.05, 0.1) is 36.1 Å². The molecule has 0 unspecified atom stereocenters. The third-order valence-corrected chi connectivity index (χ3v) is 7.06. The number of nitrogens with zero attached hydrogens (tertiary/aromatic N) is 2. The lowest BCUT2D eigenvalue weighted by molar-refractivity contribution is -0.132. The van der Waals surface area contributed by atoms with Gasteiger partial charge in [0, 0.05) is 5.56 Å². The second-order valence-electron chi connectivity index (χ2n) is 8.26. The highest BCUT2D eigenvalue weighted by Gasteiger charge is 2.48. The molecule has 4 aromatic rings. The van der Waals surface area contributed by atoms with Gasteiger partial charge in [-0.25, -0.2) is 9.37 Å². The third kappa shape index (κ3) is 3.87. The van der Waals surface area contributed by atoms with E-state index in [4.69, 9.17) is 9.47 Å². The van der Waals surface area contributed by atoms with Crippen LogP contribution < -0.4 is 14.4 Å². The van der Waals surface area contributed by atoms with Gasteiger partial charge < -0.3 is 14.6 Å². The average Bonchev–Trinajstić information content (AvgIpc) is 3.41. The van der Waals surface area contributed by atoms with Crippen molar-refractivity contribution in [2.75, 3.05) is 19.1 Å². The van der Waals surface area contributed by atoms with Crippen LogP contribution in [0.25, 0.3) is 16.0 Å². The van der Waals surface area contributed by atoms with Crippen LogP contribution in [-0.4, -0.2) is 36.0 Å². The summed E-state index contributed by atoms with van der Waals surface area (Å²) in [5, 5.41) is 11.5. The number of halogens is 1. The summed E-state index contributed by atoms with van der Waals surface area (Å²) >= 11 is 1.08. The fraction of sp³-hybridized carbons (Fsp3) is 0.148. The van der Waals surface area contributed by atoms with Crippen molar-refractivity contribution in [1.29, 1.82) is 0 Å². The quantitative estimate of drug-likeness (QED) is 0.223. The number of Topliss-reactive ketones (excluding diaryl/α,β-unsaturated/α-hetero) is 1. The summed E-state index contributed by atoms with van der Waals surface area (Å²) in [6, 6.07) is 15.1. The van der Waals surface area contributed by atoms with E-state index in [2.05, 4.69) is 4.98 Å². The molecule has 1 aliphatic rings. The molecule has 1 saturated heterocycles. The van der Waals surface area contributed by atoms with E-state index < -0.39 is 23.5 Å². The number of anilines is 1. The fourth-order valence-electron chi connectivity index (χ4n) is 4.22. The van der Waals surface area contributed by atoms with Crippen LogP contribution >= 0.6 is 11.3 Å². The van der Waals surface area contributed by atoms with Gasteiger partial charge in [-0.2, -0.15) is 0 Å². The maximum atomic E-state index is 13.8. The zero-order valence-corrected chi connectivity index (χ0v) is 20.4. The molecule has 0 spiro atoms. The van der Waals surface area contributed by atoms with Gasteiger partial charge in [0.2, 0.25) is 0 Å². The Hall–Kier alpha value is -4.24. The van der Waals surface area contributed by atoms with Crippen LogP contribution in [0.4, 0.5) is 9.52 Å². The molecule has 9 heteroatoms. The third-order valence-electron chi connectivity index (χ3n) is 6.04. The fourth-order valence-corrected chi connectivity index (χ4v) is 5.24. The summed E-state index contributed by atoms with van der Waals surface area (Å²) in [6.45, 7) is 1.91. The number of hydrogen-bond acceptors (Lipinski definition) is 7. The van der Waals surface area contributed by atoms with E-state index in [9.17, 15) is 19.1 Å². The van der Waals surface area contributed by atoms with Crippen LogP contribution in [0.1, 0.15) is 22.7 Å². The molecule has 0 aliphatic carbocycles. The number of aromatic nitrogens is 1. The molecule has 1 N–H and O–H groups in total. The van der Waals surface area contributed by atoms with Gasteiger partial charge in [0.15, 0.2) is 16.6 Å². The van der Waals surface area contributed by atoms with Crippen LogP contribution in [0.3, 0.4) is 0 Å². The maximum absolute atomic E-state index is 13.8. The molecule has 1 atom stereocenters. The second kappa shape index (κ2) is 9.09. The Bertz CT molecular complexity index is 1540. The zero-order chi connectivity index (χ0) is 25.6. The van der Waals surface area contributed by atoms with E-state index in [0.717, 1.165) is 16.9 Å². The number of hydrogen-bond donors (Lipinski definition) is 1. The highest BCUT2D eigenvalue weighted by atomic mass is 32.1. The minimum Gasteiger partial charge on any atom is -0.507 e. The molecule has 1 aliphatic heterocycles. The van der Waals surface area contributed by atoms with E-state index in [1.165, 1.54) is 37.3 Å². The van der Waals surface area contributed by atoms with Gasteiger partial charge in [-0.1, -0.05) is 47.2 Å². The van der Waals surface area contributed by atoms with E-state index >= 15 is 0 Å². The Morgan fingerprint density at radius 1 is 1.00 bits per heavy atom. The lowest BCUT2D eigenvalue weighted by atomic mass is 9.95. The topological polar surface area (TPSA) is 89.0 Å². The molecule has 7 nitrogen and oxygen atoms in total. The number of fused-ring (bicyclic) bond motifs is 1. The Morgan fingerprint density at radius 2 is 1.72 bits per heavy atom. The molecular formula is C27H21FN2O5S. The molecule has 2 heterocycles. The smallest absolute Gasteiger partial charge is 0.301 e. The Morgan fingerprint density at radius 3 is 2.42 bits per heavy atom. The number of carbonyl (C=O) groups excluding carboxylic acids is 2. The summed E-state index contributed by atoms with van der Waals surface area (Å²) in [6.07, 6.45) is 0. The molecule has 182 valence electrons. The van der Waals surface area contributed by atoms with Crippen molar-refractivity contribution in [1.82, 2.24) is 4.98 Å². The molecule has 0 bridgehead atoms. The first-order valence-corrected chi connectivity index (χ1v) is 11.8. The minimum absolute atomic E-state index is 0.0819. The van der Waals surface area contributed by atoms with Crippen LogP contribution in [0.2, 0.25) is 0 Å². The number of aliphatic hydroxyl groups is 1. The monoisotopic (exact) mass is 504 g/mol. The molecule has 1 fully saturated rings. The number of aliphatic hydroxyl groups excluding tert-OH is 1. The normalized spacial score (nSPS) is 17.1. The molecule has 0 radical (unpaired) electrons. The summed E-state index contributed by atoms with van der Waals surface area (Å²) in [5.74, 6) is -1.57. The molecule has 3 aromatic carbocycles. The van der Waals surface area contributed by atoms with Gasteiger partial charge in [0.1, 0.15) is 11.6 Å². The van der Waals surface area contributed by atoms with E-state index in [1.807, 2.05) is 6.92 Å². The number of thiazole rings is 1. The van der Waals surface area contributed by atoms with Crippen molar-refractivity contribution < 1.29 is 28.6 Å². The maximum Gasteiger partial charge on any atom is 0.301 e. The number of methoxy groups -OCH3 is 2. The van der Waals surface area contributed by atoms with E-state index in [0.29, 0.717) is 32.8 Å². The van der Waals surface area contributed by atoms with Gasteiger partial charge in [-0.3, -0.25) is 14.5 Å². The summed E-state index contributed by atoms with van der Waals surface area (Å²) < 4.78 is 25.1. The predicted molar refractivity (Wildman–Crippen MR) is 135 cm³/mol. The lowest BCUT2D eigenvalue weighted by Gasteiger charge is -2.23. The van der Waals surface area contributed by atoms with Gasteiger partial charge >= 0.3 is 5.91 Å². The van der Waals surface area contributed by atoms with Crippen molar-refractivity contribution in [2.45, 2.75) is 13.0 Å². The standard InChI is InChI=1S/C27H21FN2O5S/c1-14-4-6-15(7-5-14)24(31)22-23(16-8-11-19(34-2)20(12-16)35-3)30(26(33)25(22)32)27-29-18-10-9-17(28)13-21(18)36-27/h4-13,23,31H,1-3H3/t23-/m1/s1. The van der Waals surface area contributed by atoms with E-state index in [-0.39, 0.29) is 16.5 Å². The Balaban J connectivity index is 1.75. The number of ketones is 1. The van der Waals surface area contributed by atoms with Gasteiger partial charge in [-0.05, 0) is 42.8 Å². The van der Waals surface area contributed by atoms with Crippen molar-refractivity contribution in [3.05, 3.63) is 88.7 Å². The van der Waals surface area contributed by atoms with Crippen LogP contribution in [0.15, 0.2) is 66.2 Å². The SMILES string of the molecule is COc1ccc([C@@H]2C(=C(O)c3ccc(C)cc3)C(=O)C(=O)N2c2nc3ccc(F)cc3s2)cc1OC. The molecule has 1 aromatic heterocycles. The van der Waals surface area contributed by atoms with Crippen LogP contribution in [0.5, 0.6) is 11.5 Å². The summed E-state index contributed by atoms with van der Waals surface area (Å²) in [5.41, 5.74) is 2.29. The number of carbonyl (C=O) groups is 2.